The Bertz CT molecular complexity index is 474. The zero-order valence-corrected chi connectivity index (χ0v) is 12.1. The zero-order valence-electron chi connectivity index (χ0n) is 12.1. The van der Waals surface area contributed by atoms with Crippen LogP contribution in [0.1, 0.15) is 11.1 Å². The smallest absolute Gasteiger partial charge is 0.317 e. The molecule has 0 fully saturated rings. The van der Waals surface area contributed by atoms with Crippen LogP contribution >= 0.6 is 0 Å². The molecule has 20 heavy (non-hydrogen) atoms. The summed E-state index contributed by atoms with van der Waals surface area (Å²) in [6, 6.07) is 6.14. The third-order valence-corrected chi connectivity index (χ3v) is 3.38. The highest BCUT2D eigenvalue weighted by Crippen LogP contribution is 2.26. The lowest BCUT2D eigenvalue weighted by Gasteiger charge is -2.22. The number of fused-ring (bicyclic) bond motifs is 1. The van der Waals surface area contributed by atoms with E-state index in [0.717, 1.165) is 37.4 Å². The van der Waals surface area contributed by atoms with Gasteiger partial charge in [-0.25, -0.2) is 0 Å². The number of carbonyl (C=O) groups is 1. The maximum Gasteiger partial charge on any atom is 0.317 e. The second-order valence-corrected chi connectivity index (χ2v) is 5.45. The fourth-order valence-corrected chi connectivity index (χ4v) is 2.34. The van der Waals surface area contributed by atoms with E-state index in [4.69, 9.17) is 9.84 Å². The van der Waals surface area contributed by atoms with Gasteiger partial charge >= 0.3 is 5.97 Å². The fourth-order valence-electron chi connectivity index (χ4n) is 2.34. The third kappa shape index (κ3) is 4.21. The van der Waals surface area contributed by atoms with Crippen molar-refractivity contribution in [3.05, 3.63) is 29.3 Å². The Hall–Kier alpha value is -1.59. The molecule has 0 saturated heterocycles. The van der Waals surface area contributed by atoms with E-state index in [1.54, 1.807) is 0 Å². The minimum Gasteiger partial charge on any atom is -0.493 e. The number of likely N-dealkylation sites (N-methyl/N-ethyl adjacent to an activating group) is 1. The standard InChI is InChI=1S/C15H22N2O3/c1-16(2)6-7-17(11-15(18)19)10-12-3-4-14-13(9-12)5-8-20-14/h3-4,9H,5-8,10-11H2,1-2H3,(H,18,19). The maximum absolute atomic E-state index is 11.0. The summed E-state index contributed by atoms with van der Waals surface area (Å²) in [6.45, 7) is 3.07. The monoisotopic (exact) mass is 278 g/mol. The van der Waals surface area contributed by atoms with Crippen molar-refractivity contribution in [2.24, 2.45) is 0 Å². The minimum atomic E-state index is -0.784. The van der Waals surface area contributed by atoms with E-state index in [1.807, 2.05) is 31.1 Å². The summed E-state index contributed by atoms with van der Waals surface area (Å²) in [6.07, 6.45) is 0.944. The molecule has 0 atom stereocenters. The van der Waals surface area contributed by atoms with Crippen LogP contribution in [0.4, 0.5) is 0 Å². The fraction of sp³-hybridized carbons (Fsp3) is 0.533. The van der Waals surface area contributed by atoms with Crippen molar-refractivity contribution in [3.63, 3.8) is 0 Å². The van der Waals surface area contributed by atoms with Crippen LogP contribution in [0.5, 0.6) is 5.75 Å². The number of carboxylic acids is 1. The molecule has 0 amide bonds. The molecule has 1 aliphatic heterocycles. The Balaban J connectivity index is 2.00. The Morgan fingerprint density at radius 2 is 2.15 bits per heavy atom. The van der Waals surface area contributed by atoms with Gasteiger partial charge in [-0.05, 0) is 31.3 Å². The van der Waals surface area contributed by atoms with Crippen molar-refractivity contribution in [1.29, 1.82) is 0 Å². The quantitative estimate of drug-likeness (QED) is 0.808. The predicted molar refractivity (Wildman–Crippen MR) is 77.1 cm³/mol. The van der Waals surface area contributed by atoms with Crippen LogP contribution < -0.4 is 4.74 Å². The summed E-state index contributed by atoms with van der Waals surface area (Å²) in [5.74, 6) is 0.181. The molecule has 110 valence electrons. The average molecular weight is 278 g/mol. The van der Waals surface area contributed by atoms with Gasteiger partial charge in [0.05, 0.1) is 13.2 Å². The van der Waals surface area contributed by atoms with Gasteiger partial charge in [0, 0.05) is 26.1 Å². The number of hydrogen-bond acceptors (Lipinski definition) is 4. The van der Waals surface area contributed by atoms with Crippen LogP contribution in [0, 0.1) is 0 Å². The van der Waals surface area contributed by atoms with Gasteiger partial charge in [0.1, 0.15) is 5.75 Å². The van der Waals surface area contributed by atoms with Crippen molar-refractivity contribution in [1.82, 2.24) is 9.80 Å². The van der Waals surface area contributed by atoms with Gasteiger partial charge in [-0.3, -0.25) is 9.69 Å². The largest absolute Gasteiger partial charge is 0.493 e. The molecule has 1 aromatic rings. The Labute approximate surface area is 119 Å². The van der Waals surface area contributed by atoms with E-state index >= 15 is 0 Å². The average Bonchev–Trinajstić information content (AvgIpc) is 2.82. The van der Waals surface area contributed by atoms with Gasteiger partial charge in [-0.1, -0.05) is 12.1 Å². The molecule has 1 aromatic carbocycles. The lowest BCUT2D eigenvalue weighted by atomic mass is 10.1. The number of rotatable bonds is 7. The van der Waals surface area contributed by atoms with Crippen LogP contribution in [0.15, 0.2) is 18.2 Å². The molecule has 0 unspecified atom stereocenters. The van der Waals surface area contributed by atoms with Crippen LogP contribution in [0.25, 0.3) is 0 Å². The topological polar surface area (TPSA) is 53.0 Å². The molecular weight excluding hydrogens is 256 g/mol. The van der Waals surface area contributed by atoms with Crippen LogP contribution in [-0.4, -0.2) is 61.2 Å². The van der Waals surface area contributed by atoms with Gasteiger partial charge in [0.15, 0.2) is 0 Å². The Morgan fingerprint density at radius 1 is 1.35 bits per heavy atom. The van der Waals surface area contributed by atoms with E-state index in [2.05, 4.69) is 11.0 Å². The lowest BCUT2D eigenvalue weighted by molar-refractivity contribution is -0.138. The molecule has 1 N–H and O–H groups in total. The molecule has 0 aromatic heterocycles. The molecule has 0 bridgehead atoms. The molecule has 1 heterocycles. The predicted octanol–water partition coefficient (Wildman–Crippen LogP) is 1.07. The van der Waals surface area contributed by atoms with E-state index in [1.165, 1.54) is 5.56 Å². The first kappa shape index (κ1) is 14.8. The first-order valence-corrected chi connectivity index (χ1v) is 6.88. The number of carboxylic acid groups (broad SMARTS) is 1. The SMILES string of the molecule is CN(C)CCN(CC(=O)O)Cc1ccc2c(c1)CCO2. The number of nitrogens with zero attached hydrogens (tertiary/aromatic N) is 2. The van der Waals surface area contributed by atoms with Crippen LogP contribution in [0.2, 0.25) is 0 Å². The first-order chi connectivity index (χ1) is 9.54. The molecule has 0 radical (unpaired) electrons. The summed E-state index contributed by atoms with van der Waals surface area (Å²) in [5.41, 5.74) is 2.37. The Kier molecular flexibility index (Phi) is 4.98. The normalized spacial score (nSPS) is 13.6. The molecule has 0 saturated carbocycles. The van der Waals surface area contributed by atoms with Gasteiger partial charge in [0.2, 0.25) is 0 Å². The van der Waals surface area contributed by atoms with Gasteiger partial charge < -0.3 is 14.7 Å². The van der Waals surface area contributed by atoms with Gasteiger partial charge in [0.25, 0.3) is 0 Å². The lowest BCUT2D eigenvalue weighted by Crippen LogP contribution is -2.35. The van der Waals surface area contributed by atoms with Crippen molar-refractivity contribution in [2.45, 2.75) is 13.0 Å². The number of hydrogen-bond donors (Lipinski definition) is 1. The van der Waals surface area contributed by atoms with E-state index in [-0.39, 0.29) is 6.54 Å². The summed E-state index contributed by atoms with van der Waals surface area (Å²) in [4.78, 5) is 15.0. The molecule has 1 aliphatic rings. The van der Waals surface area contributed by atoms with Crippen LogP contribution in [0.3, 0.4) is 0 Å². The number of ether oxygens (including phenoxy) is 1. The highest BCUT2D eigenvalue weighted by atomic mass is 16.5. The second-order valence-electron chi connectivity index (χ2n) is 5.45. The van der Waals surface area contributed by atoms with Gasteiger partial charge in [-0.15, -0.1) is 0 Å². The minimum absolute atomic E-state index is 0.0709. The number of benzene rings is 1. The molecule has 2 rings (SSSR count). The van der Waals surface area contributed by atoms with Crippen LogP contribution in [-0.2, 0) is 17.8 Å². The molecule has 5 nitrogen and oxygen atoms in total. The van der Waals surface area contributed by atoms with Crippen molar-refractivity contribution < 1.29 is 14.6 Å². The summed E-state index contributed by atoms with van der Waals surface area (Å²) >= 11 is 0. The zero-order chi connectivity index (χ0) is 14.5. The highest BCUT2D eigenvalue weighted by Gasteiger charge is 2.15. The molecule has 0 aliphatic carbocycles. The molecular formula is C15H22N2O3. The second kappa shape index (κ2) is 6.72. The van der Waals surface area contributed by atoms with Crippen molar-refractivity contribution in [2.75, 3.05) is 40.3 Å². The Morgan fingerprint density at radius 3 is 2.85 bits per heavy atom. The van der Waals surface area contributed by atoms with Crippen molar-refractivity contribution in [3.8, 4) is 5.75 Å². The third-order valence-electron chi connectivity index (χ3n) is 3.38. The first-order valence-electron chi connectivity index (χ1n) is 6.88. The molecule has 0 spiro atoms. The van der Waals surface area contributed by atoms with Crippen molar-refractivity contribution >= 4 is 5.97 Å². The highest BCUT2D eigenvalue weighted by molar-refractivity contribution is 5.69. The number of aliphatic carboxylic acids is 1. The summed E-state index contributed by atoms with van der Waals surface area (Å²) in [5, 5.41) is 9.01. The maximum atomic E-state index is 11.0. The summed E-state index contributed by atoms with van der Waals surface area (Å²) < 4.78 is 5.49. The van der Waals surface area contributed by atoms with E-state index in [0.29, 0.717) is 6.54 Å². The van der Waals surface area contributed by atoms with E-state index in [9.17, 15) is 4.79 Å². The molecule has 5 heteroatoms. The summed E-state index contributed by atoms with van der Waals surface area (Å²) in [7, 11) is 3.98. The van der Waals surface area contributed by atoms with Gasteiger partial charge in [-0.2, -0.15) is 0 Å². The van der Waals surface area contributed by atoms with E-state index < -0.39 is 5.97 Å².